The van der Waals surface area contributed by atoms with Gasteiger partial charge >= 0.3 is 17.9 Å². The maximum absolute atomic E-state index is 12.5. The minimum Gasteiger partial charge on any atom is -0.497 e. The molecule has 0 bridgehead atoms. The molecular weight excluding hydrogens is 586 g/mol. The number of benzene rings is 1. The highest BCUT2D eigenvalue weighted by atomic mass is 32.2. The standard InChI is InChI=1S/C27H45N5O10S/c1-42-24-5-3-22(4-6-24)7-8-32(43(2,40)41)18-23(33)17-28-9-11-29(19-25(34)35)13-15-31(21-27(38)39)16-14-30(12-10-28)20-26(36)37/h3-6,23,33H,7-21H2,1-2H3,(H,34,35)(H,36,37)(H,38,39). The number of carboxylic acids is 3. The number of rotatable bonds is 15. The molecule has 1 saturated heterocycles. The van der Waals surface area contributed by atoms with Crippen LogP contribution in [0.4, 0.5) is 0 Å². The Balaban J connectivity index is 2.13. The Morgan fingerprint density at radius 1 is 0.791 bits per heavy atom. The summed E-state index contributed by atoms with van der Waals surface area (Å²) in [5, 5.41) is 39.1. The van der Waals surface area contributed by atoms with Crippen molar-refractivity contribution in [1.29, 1.82) is 0 Å². The van der Waals surface area contributed by atoms with Gasteiger partial charge in [-0.25, -0.2) is 8.42 Å². The number of ether oxygens (including phenoxy) is 1. The van der Waals surface area contributed by atoms with E-state index < -0.39 is 34.0 Å². The topological polar surface area (TPSA) is 192 Å². The molecule has 1 heterocycles. The van der Waals surface area contributed by atoms with Gasteiger partial charge in [0.15, 0.2) is 0 Å². The molecule has 1 unspecified atom stereocenters. The molecule has 0 aliphatic carbocycles. The van der Waals surface area contributed by atoms with Gasteiger partial charge < -0.3 is 25.2 Å². The van der Waals surface area contributed by atoms with E-state index in [1.54, 1.807) is 33.9 Å². The Labute approximate surface area is 252 Å². The maximum Gasteiger partial charge on any atom is 0.317 e. The molecule has 0 spiro atoms. The SMILES string of the molecule is COc1ccc(CCN(CC(O)CN2CCN(CC(=O)O)CCN(CC(=O)O)CCN(CC(=O)O)CC2)S(C)(=O)=O)cc1. The number of aliphatic hydroxyl groups excluding tert-OH is 1. The van der Waals surface area contributed by atoms with Crippen LogP contribution in [0.15, 0.2) is 24.3 Å². The van der Waals surface area contributed by atoms with Crippen molar-refractivity contribution in [1.82, 2.24) is 23.9 Å². The minimum atomic E-state index is -3.64. The molecule has 1 aliphatic rings. The van der Waals surface area contributed by atoms with Crippen molar-refractivity contribution in [3.8, 4) is 5.75 Å². The molecule has 16 heteroatoms. The number of aliphatic carboxylic acids is 3. The fourth-order valence-electron chi connectivity index (χ4n) is 4.84. The first kappa shape index (κ1) is 36.3. The van der Waals surface area contributed by atoms with Crippen molar-refractivity contribution in [2.24, 2.45) is 0 Å². The smallest absolute Gasteiger partial charge is 0.317 e. The van der Waals surface area contributed by atoms with E-state index in [0.717, 1.165) is 11.8 Å². The number of β-amino-alcohol motifs (C(OH)–C–C–N with tert-alkyl or cyclic N) is 1. The molecule has 4 N–H and O–H groups in total. The fraction of sp³-hybridized carbons (Fsp3) is 0.667. The van der Waals surface area contributed by atoms with Gasteiger partial charge in [-0.2, -0.15) is 4.31 Å². The summed E-state index contributed by atoms with van der Waals surface area (Å²) in [7, 11) is -2.08. The first-order valence-electron chi connectivity index (χ1n) is 14.1. The van der Waals surface area contributed by atoms with Gasteiger partial charge in [-0.3, -0.25) is 34.0 Å². The average molecular weight is 632 g/mol. The van der Waals surface area contributed by atoms with Gasteiger partial charge in [0.25, 0.3) is 0 Å². The van der Waals surface area contributed by atoms with E-state index in [-0.39, 0.29) is 65.4 Å². The molecule has 0 radical (unpaired) electrons. The molecule has 1 atom stereocenters. The Bertz CT molecular complexity index is 1110. The molecule has 1 aliphatic heterocycles. The molecule has 43 heavy (non-hydrogen) atoms. The molecule has 0 saturated carbocycles. The lowest BCUT2D eigenvalue weighted by atomic mass is 10.1. The predicted molar refractivity (Wildman–Crippen MR) is 158 cm³/mol. The summed E-state index contributed by atoms with van der Waals surface area (Å²) in [6.45, 7) is 1.71. The summed E-state index contributed by atoms with van der Waals surface area (Å²) in [6, 6.07) is 7.27. The first-order valence-corrected chi connectivity index (χ1v) is 15.9. The van der Waals surface area contributed by atoms with E-state index in [1.165, 1.54) is 4.31 Å². The van der Waals surface area contributed by atoms with Gasteiger partial charge in [-0.05, 0) is 24.1 Å². The lowest BCUT2D eigenvalue weighted by Crippen LogP contribution is -2.50. The predicted octanol–water partition coefficient (Wildman–Crippen LogP) is -1.66. The van der Waals surface area contributed by atoms with Crippen molar-refractivity contribution in [2.75, 3.05) is 105 Å². The number of carbonyl (C=O) groups is 3. The highest BCUT2D eigenvalue weighted by molar-refractivity contribution is 7.88. The summed E-state index contributed by atoms with van der Waals surface area (Å²) < 4.78 is 31.5. The summed E-state index contributed by atoms with van der Waals surface area (Å²) in [5.41, 5.74) is 0.908. The number of nitrogens with zero attached hydrogens (tertiary/aromatic N) is 5. The number of carboxylic acid groups (broad SMARTS) is 3. The van der Waals surface area contributed by atoms with E-state index in [1.807, 2.05) is 17.0 Å². The molecule has 1 aromatic rings. The van der Waals surface area contributed by atoms with Gasteiger partial charge in [0.1, 0.15) is 5.75 Å². The van der Waals surface area contributed by atoms with E-state index in [9.17, 15) is 43.2 Å². The highest BCUT2D eigenvalue weighted by Crippen LogP contribution is 2.13. The summed E-state index contributed by atoms with van der Waals surface area (Å²) in [4.78, 5) is 41.2. The molecule has 0 amide bonds. The molecule has 15 nitrogen and oxygen atoms in total. The highest BCUT2D eigenvalue weighted by Gasteiger charge is 2.24. The van der Waals surface area contributed by atoms with Gasteiger partial charge in [0, 0.05) is 72.0 Å². The lowest BCUT2D eigenvalue weighted by Gasteiger charge is -2.34. The van der Waals surface area contributed by atoms with E-state index in [4.69, 9.17) is 4.74 Å². The van der Waals surface area contributed by atoms with Crippen LogP contribution < -0.4 is 4.74 Å². The Morgan fingerprint density at radius 3 is 1.53 bits per heavy atom. The van der Waals surface area contributed by atoms with Gasteiger partial charge in [0.2, 0.25) is 10.0 Å². The van der Waals surface area contributed by atoms with Gasteiger partial charge in [-0.15, -0.1) is 0 Å². The zero-order chi connectivity index (χ0) is 32.0. The molecule has 244 valence electrons. The van der Waals surface area contributed by atoms with Crippen LogP contribution >= 0.6 is 0 Å². The van der Waals surface area contributed by atoms with Crippen LogP contribution in [0.5, 0.6) is 5.75 Å². The van der Waals surface area contributed by atoms with Crippen LogP contribution in [0.3, 0.4) is 0 Å². The normalized spacial score (nSPS) is 18.0. The molecule has 1 aromatic carbocycles. The van der Waals surface area contributed by atoms with E-state index in [2.05, 4.69) is 0 Å². The minimum absolute atomic E-state index is 0.0848. The van der Waals surface area contributed by atoms with E-state index >= 15 is 0 Å². The largest absolute Gasteiger partial charge is 0.497 e. The number of aliphatic hydroxyl groups is 1. The van der Waals surface area contributed by atoms with Crippen molar-refractivity contribution in [3.05, 3.63) is 29.8 Å². The third-order valence-corrected chi connectivity index (χ3v) is 8.44. The third kappa shape index (κ3) is 14.9. The number of sulfonamides is 1. The first-order chi connectivity index (χ1) is 20.2. The van der Waals surface area contributed by atoms with Crippen molar-refractivity contribution < 1.29 is 48.0 Å². The summed E-state index contributed by atoms with van der Waals surface area (Å²) in [5.74, 6) is -2.41. The second-order valence-electron chi connectivity index (χ2n) is 10.7. The van der Waals surface area contributed by atoms with Crippen LogP contribution in [0.2, 0.25) is 0 Å². The Hall–Kier alpha value is -2.86. The lowest BCUT2D eigenvalue weighted by molar-refractivity contribution is -0.140. The third-order valence-electron chi connectivity index (χ3n) is 7.17. The molecule has 1 fully saturated rings. The summed E-state index contributed by atoms with van der Waals surface area (Å²) in [6.07, 6.45) is 0.455. The van der Waals surface area contributed by atoms with Crippen LogP contribution in [0.25, 0.3) is 0 Å². The van der Waals surface area contributed by atoms with Crippen molar-refractivity contribution >= 4 is 27.9 Å². The average Bonchev–Trinajstić information content (AvgIpc) is 2.91. The van der Waals surface area contributed by atoms with Gasteiger partial charge in [-0.1, -0.05) is 12.1 Å². The van der Waals surface area contributed by atoms with E-state index in [0.29, 0.717) is 38.3 Å². The monoisotopic (exact) mass is 631 g/mol. The Kier molecular flexibility index (Phi) is 15.3. The van der Waals surface area contributed by atoms with Crippen LogP contribution in [-0.4, -0.2) is 182 Å². The zero-order valence-electron chi connectivity index (χ0n) is 24.9. The second kappa shape index (κ2) is 18.1. The molecule has 0 aromatic heterocycles. The number of hydrogen-bond acceptors (Lipinski definition) is 11. The number of hydrogen-bond donors (Lipinski definition) is 4. The van der Waals surface area contributed by atoms with Crippen LogP contribution in [-0.2, 0) is 30.8 Å². The molecule has 2 rings (SSSR count). The van der Waals surface area contributed by atoms with Crippen molar-refractivity contribution in [3.63, 3.8) is 0 Å². The second-order valence-corrected chi connectivity index (χ2v) is 12.7. The summed E-state index contributed by atoms with van der Waals surface area (Å²) >= 11 is 0. The zero-order valence-corrected chi connectivity index (χ0v) is 25.7. The fourth-order valence-corrected chi connectivity index (χ4v) is 5.70. The van der Waals surface area contributed by atoms with Crippen molar-refractivity contribution in [2.45, 2.75) is 12.5 Å². The van der Waals surface area contributed by atoms with Gasteiger partial charge in [0.05, 0.1) is 39.1 Å². The van der Waals surface area contributed by atoms with Crippen LogP contribution in [0.1, 0.15) is 5.56 Å². The number of methoxy groups -OCH3 is 1. The molecular formula is C27H45N5O10S. The Morgan fingerprint density at radius 2 is 1.19 bits per heavy atom. The quantitative estimate of drug-likeness (QED) is 0.172. The van der Waals surface area contributed by atoms with Crippen LogP contribution in [0, 0.1) is 0 Å². The maximum atomic E-state index is 12.5.